The molecule has 0 spiro atoms. The minimum Gasteiger partial charge on any atom is -0.458 e. The summed E-state index contributed by atoms with van der Waals surface area (Å²) in [6.07, 6.45) is -4.66. The van der Waals surface area contributed by atoms with Gasteiger partial charge in [-0.2, -0.15) is 0 Å². The van der Waals surface area contributed by atoms with Crippen LogP contribution >= 0.6 is 0 Å². The molecule has 3 saturated heterocycles. The number of rotatable bonds is 6. The van der Waals surface area contributed by atoms with Crippen LogP contribution in [-0.4, -0.2) is 137 Å². The Morgan fingerprint density at radius 3 is 2.36 bits per heavy atom. The first-order chi connectivity index (χ1) is 21.8. The van der Waals surface area contributed by atoms with Crippen LogP contribution in [0, 0.1) is 23.7 Å². The normalized spacial score (nSPS) is 44.3. The van der Waals surface area contributed by atoms with E-state index in [-0.39, 0.29) is 30.6 Å². The Kier molecular flexibility index (Phi) is 11.5. The summed E-state index contributed by atoms with van der Waals surface area (Å²) in [5.41, 5.74) is -1.59. The van der Waals surface area contributed by atoms with Crippen LogP contribution in [-0.2, 0) is 33.3 Å². The lowest BCUT2D eigenvalue weighted by atomic mass is 9.73. The van der Waals surface area contributed by atoms with E-state index in [0.717, 1.165) is 5.71 Å². The van der Waals surface area contributed by atoms with Gasteiger partial charge in [-0.15, -0.1) is 0 Å². The van der Waals surface area contributed by atoms with Crippen molar-refractivity contribution in [3.8, 4) is 0 Å². The van der Waals surface area contributed by atoms with E-state index in [4.69, 9.17) is 28.7 Å². The molecule has 0 aromatic carbocycles. The molecule has 0 saturated carbocycles. The van der Waals surface area contributed by atoms with Crippen molar-refractivity contribution in [1.82, 2.24) is 9.80 Å². The monoisotopic (exact) mass is 667 g/mol. The number of fused-ring (bicyclic) bond motifs is 1. The number of hydrogen-bond donors (Lipinski definition) is 2. The van der Waals surface area contributed by atoms with Crippen molar-refractivity contribution in [3.05, 3.63) is 0 Å². The molecule has 0 radical (unpaired) electrons. The molecule has 4 aliphatic heterocycles. The van der Waals surface area contributed by atoms with Crippen molar-refractivity contribution in [2.45, 2.75) is 135 Å². The molecule has 3 fully saturated rings. The zero-order valence-corrected chi connectivity index (χ0v) is 30.0. The van der Waals surface area contributed by atoms with Gasteiger partial charge in [-0.25, -0.2) is 4.79 Å². The Bertz CT molecular complexity index is 1200. The summed E-state index contributed by atoms with van der Waals surface area (Å²) in [6.45, 7) is 16.7. The van der Waals surface area contributed by atoms with Crippen molar-refractivity contribution in [1.29, 1.82) is 0 Å². The maximum Gasteiger partial charge on any atom is 0.410 e. The van der Waals surface area contributed by atoms with E-state index >= 15 is 0 Å². The van der Waals surface area contributed by atoms with Gasteiger partial charge >= 0.3 is 12.1 Å². The number of likely N-dealkylation sites (N-methyl/N-ethyl adjacent to an activating group) is 1. The quantitative estimate of drug-likeness (QED) is 0.317. The standard InChI is InChI=1S/C34H57N3O10/c1-17-15-33(8,43-16-18(2)38)29(46-31-27(40)24(36(10)11)14-19(3)44-31)21(5)26(39)22(6)30(41)45-23(7)34(9)28-20(4)25(17)35-12-13-37(28)32(42)47-34/h17-24,27-29,31,38,40H,12-16H2,1-11H3/t17-,18?,19+,20-,21+,22-,23+,24-,27?,28?,29-,31-,33+,34-/m1/s1. The van der Waals surface area contributed by atoms with E-state index in [1.807, 2.05) is 46.7 Å². The molecule has 268 valence electrons. The van der Waals surface area contributed by atoms with Crippen LogP contribution in [0.15, 0.2) is 4.99 Å². The maximum atomic E-state index is 14.2. The fraction of sp³-hybridized carbons (Fsp3) is 0.882. The van der Waals surface area contributed by atoms with Crippen LogP contribution in [0.5, 0.6) is 0 Å². The maximum absolute atomic E-state index is 14.2. The van der Waals surface area contributed by atoms with E-state index in [2.05, 4.69) is 0 Å². The number of carbonyl (C=O) groups is 3. The molecule has 47 heavy (non-hydrogen) atoms. The number of aliphatic hydroxyl groups is 2. The molecule has 0 aromatic rings. The molecular formula is C34H57N3O10. The first kappa shape index (κ1) is 37.7. The van der Waals surface area contributed by atoms with Gasteiger partial charge in [-0.1, -0.05) is 20.8 Å². The average Bonchev–Trinajstić information content (AvgIpc) is 3.12. The lowest BCUT2D eigenvalue weighted by Crippen LogP contribution is -2.60. The Labute approximate surface area is 279 Å². The van der Waals surface area contributed by atoms with Gasteiger partial charge in [-0.05, 0) is 74.4 Å². The number of ketones is 1. The summed E-state index contributed by atoms with van der Waals surface area (Å²) in [5, 5.41) is 21.8. The summed E-state index contributed by atoms with van der Waals surface area (Å²) in [6, 6.07) is -0.747. The molecule has 0 aromatic heterocycles. The van der Waals surface area contributed by atoms with Crippen LogP contribution in [0.25, 0.3) is 0 Å². The lowest BCUT2D eigenvalue weighted by molar-refractivity contribution is -0.298. The summed E-state index contributed by atoms with van der Waals surface area (Å²) in [7, 11) is 3.76. The second kappa shape index (κ2) is 14.4. The highest BCUT2D eigenvalue weighted by molar-refractivity contribution is 6.00. The Hall–Kier alpha value is -2.16. The molecular weight excluding hydrogens is 610 g/mol. The molecule has 0 aliphatic carbocycles. The van der Waals surface area contributed by atoms with E-state index in [0.29, 0.717) is 25.9 Å². The van der Waals surface area contributed by atoms with E-state index in [9.17, 15) is 24.6 Å². The summed E-state index contributed by atoms with van der Waals surface area (Å²) < 4.78 is 31.2. The third kappa shape index (κ3) is 7.40. The van der Waals surface area contributed by atoms with Gasteiger partial charge in [0.25, 0.3) is 0 Å². The number of carbonyl (C=O) groups excluding carboxylic acids is 3. The molecule has 3 unspecified atom stereocenters. The van der Waals surface area contributed by atoms with Crippen LogP contribution in [0.2, 0.25) is 0 Å². The lowest BCUT2D eigenvalue weighted by Gasteiger charge is -2.47. The molecule has 2 bridgehead atoms. The van der Waals surface area contributed by atoms with Crippen molar-refractivity contribution in [2.24, 2.45) is 28.7 Å². The Morgan fingerprint density at radius 1 is 1.09 bits per heavy atom. The first-order valence-electron chi connectivity index (χ1n) is 17.1. The molecule has 4 aliphatic rings. The third-order valence-corrected chi connectivity index (χ3v) is 10.9. The van der Waals surface area contributed by atoms with Crippen LogP contribution in [0.1, 0.15) is 75.2 Å². The summed E-state index contributed by atoms with van der Waals surface area (Å²) >= 11 is 0. The highest BCUT2D eigenvalue weighted by Crippen LogP contribution is 2.43. The van der Waals surface area contributed by atoms with Gasteiger partial charge in [0, 0.05) is 30.1 Å². The van der Waals surface area contributed by atoms with Crippen LogP contribution < -0.4 is 0 Å². The number of nitrogens with zero attached hydrogens (tertiary/aromatic N) is 3. The van der Waals surface area contributed by atoms with Crippen molar-refractivity contribution >= 4 is 23.6 Å². The van der Waals surface area contributed by atoms with Gasteiger partial charge in [0.1, 0.15) is 18.1 Å². The third-order valence-electron chi connectivity index (χ3n) is 10.9. The fourth-order valence-corrected chi connectivity index (χ4v) is 8.17. The number of cyclic esters (lactones) is 1. The van der Waals surface area contributed by atoms with E-state index in [1.165, 1.54) is 6.92 Å². The minimum atomic E-state index is -1.23. The van der Waals surface area contributed by atoms with Gasteiger partial charge in [0.05, 0.1) is 43.1 Å². The second-order valence-electron chi connectivity index (χ2n) is 15.0. The summed E-state index contributed by atoms with van der Waals surface area (Å²) in [5.74, 6) is -3.82. The molecule has 14 atom stereocenters. The van der Waals surface area contributed by atoms with E-state index < -0.39 is 77.6 Å². The van der Waals surface area contributed by atoms with Crippen molar-refractivity contribution < 1.29 is 48.3 Å². The Morgan fingerprint density at radius 2 is 1.74 bits per heavy atom. The molecule has 4 heterocycles. The first-order valence-corrected chi connectivity index (χ1v) is 17.1. The highest BCUT2D eigenvalue weighted by Gasteiger charge is 2.59. The number of amides is 1. The van der Waals surface area contributed by atoms with Gasteiger partial charge in [0.15, 0.2) is 17.7 Å². The topological polar surface area (TPSA) is 157 Å². The SMILES string of the molecule is CC(O)CO[C@@]1(C)C[C@@H](C)C2=NCCN3C(=O)O[C@@](C)(C3[C@@H]2C)[C@H](C)OC(=O)[C@H](C)C(=O)[C@H](C)[C@H]1O[C@H]1O[C@@H](C)C[C@@H](N(C)C)C1O. The smallest absolute Gasteiger partial charge is 0.410 e. The molecule has 13 nitrogen and oxygen atoms in total. The van der Waals surface area contributed by atoms with Gasteiger partial charge in [0.2, 0.25) is 0 Å². The molecule has 13 heteroatoms. The van der Waals surface area contributed by atoms with E-state index in [1.54, 1.807) is 32.6 Å². The molecule has 1 amide bonds. The van der Waals surface area contributed by atoms with Gasteiger partial charge < -0.3 is 38.8 Å². The largest absolute Gasteiger partial charge is 0.458 e. The van der Waals surface area contributed by atoms with Crippen LogP contribution in [0.3, 0.4) is 0 Å². The van der Waals surface area contributed by atoms with Crippen molar-refractivity contribution in [3.63, 3.8) is 0 Å². The van der Waals surface area contributed by atoms with Gasteiger partial charge in [-0.3, -0.25) is 19.5 Å². The predicted molar refractivity (Wildman–Crippen MR) is 173 cm³/mol. The molecule has 2 N–H and O–H groups in total. The number of hydrogen-bond acceptors (Lipinski definition) is 12. The number of ether oxygens (including phenoxy) is 5. The minimum absolute atomic E-state index is 0.0528. The number of Topliss-reactive ketones (excluding diaryl/α,β-unsaturated/α-hetero) is 1. The zero-order valence-electron chi connectivity index (χ0n) is 30.0. The second-order valence-corrected chi connectivity index (χ2v) is 15.0. The Balaban J connectivity index is 1.84. The van der Waals surface area contributed by atoms with Crippen LogP contribution in [0.4, 0.5) is 4.79 Å². The van der Waals surface area contributed by atoms with Crippen molar-refractivity contribution in [2.75, 3.05) is 33.8 Å². The number of aliphatic imine (C=N–C) groups is 1. The molecule has 4 rings (SSSR count). The zero-order chi connectivity index (χ0) is 35.2. The predicted octanol–water partition coefficient (Wildman–Crippen LogP) is 2.44. The number of aliphatic hydroxyl groups excluding tert-OH is 2. The summed E-state index contributed by atoms with van der Waals surface area (Å²) in [4.78, 5) is 49.5. The highest BCUT2D eigenvalue weighted by atomic mass is 16.7. The average molecular weight is 668 g/mol. The number of esters is 1. The fourth-order valence-electron chi connectivity index (χ4n) is 8.17.